The lowest BCUT2D eigenvalue weighted by molar-refractivity contribution is -0.140. The summed E-state index contributed by atoms with van der Waals surface area (Å²) in [6.45, 7) is -0.760. The van der Waals surface area contributed by atoms with Crippen LogP contribution in [0, 0.1) is 0 Å². The minimum atomic E-state index is -4.30. The molecule has 4 aromatic rings. The number of nitrogens with one attached hydrogen (secondary N) is 1. The van der Waals surface area contributed by atoms with Gasteiger partial charge in [0.15, 0.2) is 0 Å². The molecule has 2 amide bonds. The van der Waals surface area contributed by atoms with Gasteiger partial charge in [-0.1, -0.05) is 90.5 Å². The van der Waals surface area contributed by atoms with Crippen molar-refractivity contribution >= 4 is 62.3 Å². The minimum absolute atomic E-state index is 0.0265. The Morgan fingerprint density at radius 1 is 0.837 bits per heavy atom. The molecule has 1 aliphatic carbocycles. The van der Waals surface area contributed by atoms with Crippen LogP contribution in [0.1, 0.15) is 43.2 Å². The average Bonchev–Trinajstić information content (AvgIpc) is 3.11. The van der Waals surface area contributed by atoms with Crippen LogP contribution in [0.5, 0.6) is 5.75 Å². The Morgan fingerprint density at radius 3 is 2.08 bits per heavy atom. The first-order valence-electron chi connectivity index (χ1n) is 16.1. The summed E-state index contributed by atoms with van der Waals surface area (Å²) in [4.78, 5) is 30.3. The average molecular weight is 743 g/mol. The van der Waals surface area contributed by atoms with Gasteiger partial charge >= 0.3 is 0 Å². The third-order valence-electron chi connectivity index (χ3n) is 8.65. The summed E-state index contributed by atoms with van der Waals surface area (Å²) in [7, 11) is -2.82. The fraction of sp³-hybridized carbons (Fsp3) is 0.297. The molecule has 8 nitrogen and oxygen atoms in total. The van der Waals surface area contributed by atoms with Gasteiger partial charge in [-0.3, -0.25) is 13.9 Å². The highest BCUT2D eigenvalue weighted by molar-refractivity contribution is 7.92. The van der Waals surface area contributed by atoms with E-state index in [1.807, 2.05) is 30.3 Å². The van der Waals surface area contributed by atoms with Crippen LogP contribution >= 0.6 is 34.8 Å². The van der Waals surface area contributed by atoms with Crippen molar-refractivity contribution in [3.05, 3.63) is 123 Å². The summed E-state index contributed by atoms with van der Waals surface area (Å²) >= 11 is 19.4. The molecular formula is C37H38Cl3N3O5S. The zero-order valence-corrected chi connectivity index (χ0v) is 30.1. The number of amides is 2. The fourth-order valence-corrected chi connectivity index (χ4v) is 8.02. The van der Waals surface area contributed by atoms with Gasteiger partial charge in [0, 0.05) is 39.6 Å². The summed E-state index contributed by atoms with van der Waals surface area (Å²) in [6.07, 6.45) is 4.99. The Morgan fingerprint density at radius 2 is 1.47 bits per heavy atom. The van der Waals surface area contributed by atoms with Crippen molar-refractivity contribution in [1.29, 1.82) is 0 Å². The lowest BCUT2D eigenvalue weighted by Gasteiger charge is -2.35. The first-order chi connectivity index (χ1) is 23.6. The highest BCUT2D eigenvalue weighted by Crippen LogP contribution is 2.30. The second-order valence-electron chi connectivity index (χ2n) is 11.9. The van der Waals surface area contributed by atoms with Crippen molar-refractivity contribution in [2.24, 2.45) is 0 Å². The van der Waals surface area contributed by atoms with Gasteiger partial charge in [-0.05, 0) is 79.1 Å². The first kappa shape index (κ1) is 36.5. The number of methoxy groups -OCH3 is 1. The second kappa shape index (κ2) is 16.8. The van der Waals surface area contributed by atoms with Crippen LogP contribution in [-0.2, 0) is 32.6 Å². The smallest absolute Gasteiger partial charge is 0.264 e. The zero-order valence-electron chi connectivity index (χ0n) is 27.0. The molecule has 0 saturated heterocycles. The van der Waals surface area contributed by atoms with Gasteiger partial charge in [0.25, 0.3) is 10.0 Å². The molecule has 258 valence electrons. The molecule has 0 radical (unpaired) electrons. The number of nitrogens with zero attached hydrogens (tertiary/aromatic N) is 2. The van der Waals surface area contributed by atoms with E-state index in [1.54, 1.807) is 30.3 Å². The Bertz CT molecular complexity index is 1820. The molecule has 49 heavy (non-hydrogen) atoms. The predicted molar refractivity (Wildman–Crippen MR) is 195 cm³/mol. The van der Waals surface area contributed by atoms with Gasteiger partial charge in [0.05, 0.1) is 17.7 Å². The lowest BCUT2D eigenvalue weighted by Crippen LogP contribution is -2.55. The number of sulfonamides is 1. The lowest BCUT2D eigenvalue weighted by atomic mass is 9.94. The molecule has 0 aromatic heterocycles. The fourth-order valence-electron chi connectivity index (χ4n) is 5.96. The maximum atomic E-state index is 14.7. The maximum absolute atomic E-state index is 14.7. The second-order valence-corrected chi connectivity index (χ2v) is 15.0. The number of benzene rings is 4. The quantitative estimate of drug-likeness (QED) is 0.150. The molecule has 1 atom stereocenters. The Hall–Kier alpha value is -3.76. The summed E-state index contributed by atoms with van der Waals surface area (Å²) in [5.41, 5.74) is 1.49. The number of carbonyl (C=O) groups excluding carboxylic acids is 2. The number of anilines is 1. The molecule has 0 heterocycles. The summed E-state index contributed by atoms with van der Waals surface area (Å²) in [5.74, 6) is -0.477. The van der Waals surface area contributed by atoms with E-state index < -0.39 is 28.5 Å². The summed E-state index contributed by atoms with van der Waals surface area (Å²) < 4.78 is 34.8. The third kappa shape index (κ3) is 9.28. The molecule has 4 aromatic carbocycles. The van der Waals surface area contributed by atoms with Gasteiger partial charge in [0.2, 0.25) is 11.8 Å². The Kier molecular flexibility index (Phi) is 12.5. The van der Waals surface area contributed by atoms with Gasteiger partial charge in [-0.25, -0.2) is 8.42 Å². The van der Waals surface area contributed by atoms with Crippen LogP contribution < -0.4 is 14.4 Å². The van der Waals surface area contributed by atoms with E-state index in [1.165, 1.54) is 48.4 Å². The van der Waals surface area contributed by atoms with Crippen LogP contribution in [-0.4, -0.2) is 50.9 Å². The van der Waals surface area contributed by atoms with Crippen molar-refractivity contribution in [1.82, 2.24) is 10.2 Å². The summed E-state index contributed by atoms with van der Waals surface area (Å²) in [6, 6.07) is 25.4. The highest BCUT2D eigenvalue weighted by Gasteiger charge is 2.36. The Labute approximate surface area is 303 Å². The molecule has 0 bridgehead atoms. The van der Waals surface area contributed by atoms with Crippen molar-refractivity contribution in [3.8, 4) is 5.75 Å². The number of halogens is 3. The molecule has 5 rings (SSSR count). The van der Waals surface area contributed by atoms with Gasteiger partial charge in [-0.2, -0.15) is 0 Å². The van der Waals surface area contributed by atoms with Crippen LogP contribution in [0.15, 0.2) is 102 Å². The molecule has 1 saturated carbocycles. The Balaban J connectivity index is 1.58. The molecular weight excluding hydrogens is 705 g/mol. The van der Waals surface area contributed by atoms with Gasteiger partial charge in [-0.15, -0.1) is 0 Å². The molecule has 12 heteroatoms. The van der Waals surface area contributed by atoms with Crippen LogP contribution in [0.2, 0.25) is 15.1 Å². The predicted octanol–water partition coefficient (Wildman–Crippen LogP) is 7.94. The number of ether oxygens (including phenoxy) is 1. The van der Waals surface area contributed by atoms with Crippen molar-refractivity contribution in [2.75, 3.05) is 18.0 Å². The molecule has 0 unspecified atom stereocenters. The van der Waals surface area contributed by atoms with Crippen LogP contribution in [0.3, 0.4) is 0 Å². The largest absolute Gasteiger partial charge is 0.497 e. The first-order valence-corrected chi connectivity index (χ1v) is 18.6. The van der Waals surface area contributed by atoms with E-state index >= 15 is 0 Å². The van der Waals surface area contributed by atoms with Gasteiger partial charge < -0.3 is 15.0 Å². The van der Waals surface area contributed by atoms with E-state index in [9.17, 15) is 18.0 Å². The van der Waals surface area contributed by atoms with E-state index in [2.05, 4.69) is 5.32 Å². The van der Waals surface area contributed by atoms with Crippen LogP contribution in [0.4, 0.5) is 5.69 Å². The van der Waals surface area contributed by atoms with Crippen molar-refractivity contribution < 1.29 is 22.7 Å². The van der Waals surface area contributed by atoms with E-state index in [-0.39, 0.29) is 35.5 Å². The van der Waals surface area contributed by atoms with Crippen molar-refractivity contribution in [2.45, 2.75) is 62.0 Å². The number of hydrogen-bond acceptors (Lipinski definition) is 5. The zero-order chi connectivity index (χ0) is 35.0. The topological polar surface area (TPSA) is 96.0 Å². The van der Waals surface area contributed by atoms with Crippen molar-refractivity contribution in [3.63, 3.8) is 0 Å². The maximum Gasteiger partial charge on any atom is 0.264 e. The minimum Gasteiger partial charge on any atom is -0.497 e. The normalized spacial score (nSPS) is 14.1. The highest BCUT2D eigenvalue weighted by atomic mass is 35.5. The molecule has 1 N–H and O–H groups in total. The SMILES string of the molecule is COc1ccc(S(=O)(=O)N(CC(=O)N(Cc2c(Cl)cccc2Cl)[C@H](Cc2ccccc2)C(=O)NC2CCCCC2)c2ccc(Cl)cc2)cc1. The van der Waals surface area contributed by atoms with Crippen LogP contribution in [0.25, 0.3) is 0 Å². The molecule has 0 spiro atoms. The third-order valence-corrected chi connectivity index (χ3v) is 11.4. The number of carbonyl (C=O) groups is 2. The summed E-state index contributed by atoms with van der Waals surface area (Å²) in [5, 5.41) is 4.22. The standard InChI is InChI=1S/C37H38Cl3N3O5S/c1-48-30-19-21-31(22-20-30)49(46,47)43(29-17-15-27(38)16-18-29)25-36(44)42(24-32-33(39)13-8-14-34(32)40)35(23-26-9-4-2-5-10-26)37(45)41-28-11-6-3-7-12-28/h2,4-5,8-10,13-22,28,35H,3,6-7,11-12,23-25H2,1H3,(H,41,45)/t35-/m1/s1. The van der Waals surface area contributed by atoms with E-state index in [0.717, 1.165) is 42.0 Å². The van der Waals surface area contributed by atoms with E-state index in [0.29, 0.717) is 26.4 Å². The van der Waals surface area contributed by atoms with Gasteiger partial charge in [0.1, 0.15) is 18.3 Å². The molecule has 1 aliphatic rings. The monoisotopic (exact) mass is 741 g/mol. The number of rotatable bonds is 13. The van der Waals surface area contributed by atoms with E-state index in [4.69, 9.17) is 39.5 Å². The molecule has 0 aliphatic heterocycles. The molecule has 1 fully saturated rings. The number of hydrogen-bond donors (Lipinski definition) is 1.